The minimum absolute atomic E-state index is 0.208. The van der Waals surface area contributed by atoms with Gasteiger partial charge in [0.25, 0.3) is 5.91 Å². The van der Waals surface area contributed by atoms with Gasteiger partial charge in [0.2, 0.25) is 0 Å². The van der Waals surface area contributed by atoms with E-state index in [2.05, 4.69) is 15.5 Å². The maximum absolute atomic E-state index is 12.2. The third-order valence-electron chi connectivity index (χ3n) is 3.15. The zero-order chi connectivity index (χ0) is 14.9. The lowest BCUT2D eigenvalue weighted by atomic mass is 10.1. The van der Waals surface area contributed by atoms with Crippen molar-refractivity contribution in [3.63, 3.8) is 0 Å². The van der Waals surface area contributed by atoms with Gasteiger partial charge in [-0.25, -0.2) is 0 Å². The van der Waals surface area contributed by atoms with Crippen LogP contribution in [0, 0.1) is 13.8 Å². The Bertz CT molecular complexity index is 626. The third kappa shape index (κ3) is 2.59. The number of nitrogens with two attached hydrogens (primary N) is 1. The number of hydrogen-bond acceptors (Lipinski definition) is 4. The monoisotopic (exact) mass is 273 g/mol. The summed E-state index contributed by atoms with van der Waals surface area (Å²) < 4.78 is 0. The van der Waals surface area contributed by atoms with Crippen LogP contribution in [0.25, 0.3) is 0 Å². The van der Waals surface area contributed by atoms with Crippen LogP contribution in [0.5, 0.6) is 0 Å². The van der Waals surface area contributed by atoms with Gasteiger partial charge in [0.15, 0.2) is 5.82 Å². The summed E-state index contributed by atoms with van der Waals surface area (Å²) >= 11 is 0. The summed E-state index contributed by atoms with van der Waals surface area (Å²) in [5, 5.41) is 9.36. The summed E-state index contributed by atoms with van der Waals surface area (Å²) in [6.45, 7) is 3.79. The normalized spacial score (nSPS) is 10.4. The molecule has 0 bridgehead atoms. The van der Waals surface area contributed by atoms with Crippen LogP contribution in [-0.2, 0) is 0 Å². The fourth-order valence-corrected chi connectivity index (χ4v) is 2.10. The van der Waals surface area contributed by atoms with Crippen LogP contribution < -0.4 is 16.0 Å². The van der Waals surface area contributed by atoms with Gasteiger partial charge in [0.05, 0.1) is 0 Å². The maximum Gasteiger partial charge on any atom is 0.261 e. The molecule has 6 heteroatoms. The predicted octanol–water partition coefficient (Wildman–Crippen LogP) is 1.93. The second-order valence-corrected chi connectivity index (χ2v) is 4.96. The molecule has 0 fully saturated rings. The number of nitrogen functional groups attached to an aromatic ring is 1. The van der Waals surface area contributed by atoms with Gasteiger partial charge < -0.3 is 16.0 Å². The Morgan fingerprint density at radius 2 is 2.05 bits per heavy atom. The van der Waals surface area contributed by atoms with Crippen molar-refractivity contribution in [1.29, 1.82) is 0 Å². The molecule has 4 N–H and O–H groups in total. The van der Waals surface area contributed by atoms with Gasteiger partial charge in [0, 0.05) is 31.2 Å². The molecule has 0 saturated heterocycles. The van der Waals surface area contributed by atoms with Crippen molar-refractivity contribution >= 4 is 23.1 Å². The molecule has 1 aromatic heterocycles. The van der Waals surface area contributed by atoms with Crippen LogP contribution in [0.4, 0.5) is 17.2 Å². The van der Waals surface area contributed by atoms with Gasteiger partial charge in [-0.2, -0.15) is 5.10 Å². The van der Waals surface area contributed by atoms with Crippen molar-refractivity contribution in [2.24, 2.45) is 0 Å². The van der Waals surface area contributed by atoms with Crippen LogP contribution in [-0.4, -0.2) is 30.2 Å². The van der Waals surface area contributed by atoms with E-state index in [4.69, 9.17) is 5.73 Å². The Morgan fingerprint density at radius 3 is 2.60 bits per heavy atom. The minimum atomic E-state index is -0.262. The standard InChI is InChI=1S/C14H19N5O/c1-8-5-6-10(7-11(8)19(3)4)16-14(20)12-9(2)17-18-13(12)15/h5-7H,1-4H3,(H,16,20)(H3,15,17,18). The number of carbonyl (C=O) groups is 1. The Morgan fingerprint density at radius 1 is 1.35 bits per heavy atom. The summed E-state index contributed by atoms with van der Waals surface area (Å²) in [4.78, 5) is 14.2. The number of aryl methyl sites for hydroxylation is 2. The van der Waals surface area contributed by atoms with Gasteiger partial charge >= 0.3 is 0 Å². The lowest BCUT2D eigenvalue weighted by Gasteiger charge is -2.17. The number of benzene rings is 1. The summed E-state index contributed by atoms with van der Waals surface area (Å²) in [6, 6.07) is 5.77. The number of hydrogen-bond donors (Lipinski definition) is 3. The molecule has 1 amide bonds. The molecule has 0 aliphatic carbocycles. The first kappa shape index (κ1) is 13.9. The molecule has 0 unspecified atom stereocenters. The highest BCUT2D eigenvalue weighted by molar-refractivity contribution is 6.08. The fourth-order valence-electron chi connectivity index (χ4n) is 2.10. The van der Waals surface area contributed by atoms with Crippen molar-refractivity contribution in [3.05, 3.63) is 35.0 Å². The number of anilines is 3. The van der Waals surface area contributed by atoms with E-state index in [1.807, 2.05) is 44.1 Å². The van der Waals surface area contributed by atoms with E-state index in [0.29, 0.717) is 11.3 Å². The largest absolute Gasteiger partial charge is 0.382 e. The van der Waals surface area contributed by atoms with E-state index in [-0.39, 0.29) is 11.7 Å². The van der Waals surface area contributed by atoms with Gasteiger partial charge in [-0.1, -0.05) is 6.07 Å². The first-order valence-corrected chi connectivity index (χ1v) is 6.30. The molecule has 2 rings (SSSR count). The molecular weight excluding hydrogens is 254 g/mol. The average Bonchev–Trinajstić information content (AvgIpc) is 2.71. The highest BCUT2D eigenvalue weighted by Gasteiger charge is 2.16. The number of aromatic amines is 1. The zero-order valence-corrected chi connectivity index (χ0v) is 12.1. The summed E-state index contributed by atoms with van der Waals surface area (Å²) in [6.07, 6.45) is 0. The summed E-state index contributed by atoms with van der Waals surface area (Å²) in [5.74, 6) is -0.0535. The molecule has 6 nitrogen and oxygen atoms in total. The molecule has 0 radical (unpaired) electrons. The number of amides is 1. The Kier molecular flexibility index (Phi) is 3.65. The number of H-pyrrole nitrogens is 1. The molecule has 0 aliphatic heterocycles. The summed E-state index contributed by atoms with van der Waals surface area (Å²) in [5.41, 5.74) is 9.65. The lowest BCUT2D eigenvalue weighted by molar-refractivity contribution is 0.102. The van der Waals surface area contributed by atoms with Crippen LogP contribution in [0.1, 0.15) is 21.6 Å². The zero-order valence-electron chi connectivity index (χ0n) is 12.1. The van der Waals surface area contributed by atoms with E-state index in [0.717, 1.165) is 16.9 Å². The molecule has 2 aromatic rings. The van der Waals surface area contributed by atoms with E-state index >= 15 is 0 Å². The molecular formula is C14H19N5O. The van der Waals surface area contributed by atoms with Crippen LogP contribution in [0.15, 0.2) is 18.2 Å². The quantitative estimate of drug-likeness (QED) is 0.797. The van der Waals surface area contributed by atoms with Crippen molar-refractivity contribution < 1.29 is 4.79 Å². The second kappa shape index (κ2) is 5.24. The van der Waals surface area contributed by atoms with Crippen molar-refractivity contribution in [3.8, 4) is 0 Å². The minimum Gasteiger partial charge on any atom is -0.382 e. The molecule has 1 aromatic carbocycles. The van der Waals surface area contributed by atoms with E-state index in [1.165, 1.54) is 0 Å². The van der Waals surface area contributed by atoms with Gasteiger partial charge in [-0.15, -0.1) is 0 Å². The molecule has 1 heterocycles. The first-order valence-electron chi connectivity index (χ1n) is 6.30. The summed E-state index contributed by atoms with van der Waals surface area (Å²) in [7, 11) is 3.93. The van der Waals surface area contributed by atoms with E-state index in [1.54, 1.807) is 6.92 Å². The van der Waals surface area contributed by atoms with Crippen molar-refractivity contribution in [2.45, 2.75) is 13.8 Å². The van der Waals surface area contributed by atoms with Crippen LogP contribution >= 0.6 is 0 Å². The molecule has 106 valence electrons. The molecule has 0 aliphatic rings. The molecule has 0 spiro atoms. The Balaban J connectivity index is 2.27. The Labute approximate surface area is 118 Å². The third-order valence-corrected chi connectivity index (χ3v) is 3.15. The van der Waals surface area contributed by atoms with E-state index in [9.17, 15) is 4.79 Å². The average molecular weight is 273 g/mol. The lowest BCUT2D eigenvalue weighted by Crippen LogP contribution is -2.15. The van der Waals surface area contributed by atoms with Gasteiger partial charge in [-0.05, 0) is 31.5 Å². The topological polar surface area (TPSA) is 87.0 Å². The van der Waals surface area contributed by atoms with Crippen LogP contribution in [0.3, 0.4) is 0 Å². The van der Waals surface area contributed by atoms with E-state index < -0.39 is 0 Å². The number of nitrogens with zero attached hydrogens (tertiary/aromatic N) is 2. The smallest absolute Gasteiger partial charge is 0.261 e. The molecule has 0 atom stereocenters. The fraction of sp³-hybridized carbons (Fsp3) is 0.286. The van der Waals surface area contributed by atoms with Gasteiger partial charge in [0.1, 0.15) is 5.56 Å². The number of rotatable bonds is 3. The highest BCUT2D eigenvalue weighted by atomic mass is 16.1. The number of aromatic nitrogens is 2. The molecule has 0 saturated carbocycles. The number of carbonyl (C=O) groups excluding carboxylic acids is 1. The maximum atomic E-state index is 12.2. The SMILES string of the molecule is Cc1ccc(NC(=O)c2c(N)n[nH]c2C)cc1N(C)C. The van der Waals surface area contributed by atoms with Crippen molar-refractivity contribution in [2.75, 3.05) is 30.0 Å². The van der Waals surface area contributed by atoms with Gasteiger partial charge in [-0.3, -0.25) is 9.89 Å². The predicted molar refractivity (Wildman–Crippen MR) is 81.2 cm³/mol. The first-order chi connectivity index (χ1) is 9.40. The van der Waals surface area contributed by atoms with Crippen LogP contribution in [0.2, 0.25) is 0 Å². The Hall–Kier alpha value is -2.50. The highest BCUT2D eigenvalue weighted by Crippen LogP contribution is 2.23. The molecule has 20 heavy (non-hydrogen) atoms. The second-order valence-electron chi connectivity index (χ2n) is 4.96. The number of nitrogens with one attached hydrogen (secondary N) is 2. The van der Waals surface area contributed by atoms with Crippen molar-refractivity contribution in [1.82, 2.24) is 10.2 Å².